The lowest BCUT2D eigenvalue weighted by molar-refractivity contribution is -0.107. The molecule has 0 aromatic rings. The molecule has 0 unspecified atom stereocenters. The fourth-order valence-corrected chi connectivity index (χ4v) is 1.60. The summed E-state index contributed by atoms with van der Waals surface area (Å²) in [6, 6.07) is 0. The lowest BCUT2D eigenvalue weighted by Crippen LogP contribution is -2.12. The molecular formula is C18H38O2. The average Bonchev–Trinajstić information content (AvgIpc) is 2.44. The standard InChI is InChI=1S/C12H26O2.2C3H6/c1-4-5-6-7-8-9-10-11-12(13-2)14-3;2*1-3-2/h12H,4-11H2,1-3H3;2*3H,1H2,2H3. The molecule has 0 spiro atoms. The SMILES string of the molecule is C=CC.C=CC.CCCCCCCCCC(OC)OC. The zero-order valence-electron chi connectivity index (χ0n) is 14.6. The molecule has 0 heterocycles. The topological polar surface area (TPSA) is 18.5 Å². The van der Waals surface area contributed by atoms with Gasteiger partial charge in [-0.05, 0) is 26.7 Å². The van der Waals surface area contributed by atoms with E-state index < -0.39 is 0 Å². The number of allylic oxidation sites excluding steroid dienone is 2. The smallest absolute Gasteiger partial charge is 0.156 e. The Hall–Kier alpha value is -0.600. The lowest BCUT2D eigenvalue weighted by Gasteiger charge is -2.12. The molecule has 0 bridgehead atoms. The number of ether oxygens (including phenoxy) is 2. The zero-order chi connectivity index (χ0) is 16.1. The van der Waals surface area contributed by atoms with Gasteiger partial charge in [-0.3, -0.25) is 0 Å². The molecule has 2 nitrogen and oxygen atoms in total. The molecule has 0 fully saturated rings. The van der Waals surface area contributed by atoms with E-state index >= 15 is 0 Å². The van der Waals surface area contributed by atoms with E-state index in [1.165, 1.54) is 44.9 Å². The first-order valence-corrected chi connectivity index (χ1v) is 7.87. The van der Waals surface area contributed by atoms with Gasteiger partial charge in [0, 0.05) is 14.2 Å². The van der Waals surface area contributed by atoms with Crippen LogP contribution in [-0.4, -0.2) is 20.5 Å². The first kappa shape index (κ1) is 24.4. The van der Waals surface area contributed by atoms with Gasteiger partial charge < -0.3 is 9.47 Å². The van der Waals surface area contributed by atoms with Crippen LogP contribution in [0.4, 0.5) is 0 Å². The molecule has 20 heavy (non-hydrogen) atoms. The summed E-state index contributed by atoms with van der Waals surface area (Å²) >= 11 is 0. The number of hydrogen-bond donors (Lipinski definition) is 0. The molecule has 0 rings (SSSR count). The Kier molecular flexibility index (Phi) is 32.8. The van der Waals surface area contributed by atoms with E-state index in [1.807, 2.05) is 13.8 Å². The second-order valence-electron chi connectivity index (χ2n) is 4.63. The molecule has 0 saturated carbocycles. The van der Waals surface area contributed by atoms with Gasteiger partial charge in [0.1, 0.15) is 0 Å². The number of unbranched alkanes of at least 4 members (excludes halogenated alkanes) is 6. The summed E-state index contributed by atoms with van der Waals surface area (Å²) < 4.78 is 10.2. The first-order valence-electron chi connectivity index (χ1n) is 7.87. The van der Waals surface area contributed by atoms with Crippen LogP contribution in [0.25, 0.3) is 0 Å². The van der Waals surface area contributed by atoms with Crippen LogP contribution in [0.2, 0.25) is 0 Å². The molecule has 0 aromatic heterocycles. The quantitative estimate of drug-likeness (QED) is 0.273. The Bertz CT molecular complexity index is 157. The van der Waals surface area contributed by atoms with Gasteiger partial charge >= 0.3 is 0 Å². The zero-order valence-corrected chi connectivity index (χ0v) is 14.6. The van der Waals surface area contributed by atoms with Gasteiger partial charge in [-0.25, -0.2) is 0 Å². The second kappa shape index (κ2) is 26.9. The minimum absolute atomic E-state index is 0.00522. The van der Waals surface area contributed by atoms with Gasteiger partial charge in [0.05, 0.1) is 0 Å². The fourth-order valence-electron chi connectivity index (χ4n) is 1.60. The summed E-state index contributed by atoms with van der Waals surface area (Å²) in [7, 11) is 3.41. The minimum Gasteiger partial charge on any atom is -0.356 e. The van der Waals surface area contributed by atoms with E-state index in [-0.39, 0.29) is 6.29 Å². The van der Waals surface area contributed by atoms with Gasteiger partial charge in [0.25, 0.3) is 0 Å². The minimum atomic E-state index is 0.00522. The van der Waals surface area contributed by atoms with Crippen molar-refractivity contribution in [3.05, 3.63) is 25.3 Å². The van der Waals surface area contributed by atoms with Crippen molar-refractivity contribution in [3.63, 3.8) is 0 Å². The molecule has 0 atom stereocenters. The third-order valence-electron chi connectivity index (χ3n) is 2.57. The van der Waals surface area contributed by atoms with E-state index in [0.717, 1.165) is 6.42 Å². The van der Waals surface area contributed by atoms with Crippen LogP contribution in [-0.2, 0) is 9.47 Å². The van der Waals surface area contributed by atoms with Gasteiger partial charge in [-0.2, -0.15) is 0 Å². The molecule has 0 aliphatic carbocycles. The summed E-state index contributed by atoms with van der Waals surface area (Å²) in [5.41, 5.74) is 0. The highest BCUT2D eigenvalue weighted by Gasteiger charge is 2.03. The molecule has 2 heteroatoms. The van der Waals surface area contributed by atoms with Crippen LogP contribution in [0.1, 0.15) is 72.1 Å². The van der Waals surface area contributed by atoms with Crippen molar-refractivity contribution in [3.8, 4) is 0 Å². The van der Waals surface area contributed by atoms with Gasteiger partial charge in [0.2, 0.25) is 0 Å². The fraction of sp³-hybridized carbons (Fsp3) is 0.778. The van der Waals surface area contributed by atoms with Crippen LogP contribution in [0.3, 0.4) is 0 Å². The van der Waals surface area contributed by atoms with Crippen LogP contribution in [0, 0.1) is 0 Å². The van der Waals surface area contributed by atoms with E-state index in [9.17, 15) is 0 Å². The third-order valence-corrected chi connectivity index (χ3v) is 2.57. The van der Waals surface area contributed by atoms with Crippen molar-refractivity contribution in [2.45, 2.75) is 78.4 Å². The predicted octanol–water partition coefficient (Wildman–Crippen LogP) is 6.13. The predicted molar refractivity (Wildman–Crippen MR) is 92.2 cm³/mol. The summed E-state index contributed by atoms with van der Waals surface area (Å²) in [5.74, 6) is 0. The molecule has 0 saturated heterocycles. The summed E-state index contributed by atoms with van der Waals surface area (Å²) in [6.07, 6.45) is 13.9. The maximum absolute atomic E-state index is 5.12. The van der Waals surface area contributed by atoms with Crippen molar-refractivity contribution in [2.24, 2.45) is 0 Å². The van der Waals surface area contributed by atoms with E-state index in [4.69, 9.17) is 9.47 Å². The van der Waals surface area contributed by atoms with Crippen molar-refractivity contribution in [1.82, 2.24) is 0 Å². The van der Waals surface area contributed by atoms with Crippen LogP contribution in [0.15, 0.2) is 25.3 Å². The average molecular weight is 286 g/mol. The van der Waals surface area contributed by atoms with Crippen molar-refractivity contribution in [2.75, 3.05) is 14.2 Å². The van der Waals surface area contributed by atoms with E-state index in [2.05, 4.69) is 20.1 Å². The Morgan fingerprint density at radius 1 is 0.800 bits per heavy atom. The highest BCUT2D eigenvalue weighted by atomic mass is 16.7. The Morgan fingerprint density at radius 2 is 1.15 bits per heavy atom. The maximum Gasteiger partial charge on any atom is 0.156 e. The Morgan fingerprint density at radius 3 is 1.50 bits per heavy atom. The number of hydrogen-bond acceptors (Lipinski definition) is 2. The number of rotatable bonds is 10. The van der Waals surface area contributed by atoms with Crippen LogP contribution in [0.5, 0.6) is 0 Å². The molecular weight excluding hydrogens is 248 g/mol. The monoisotopic (exact) mass is 286 g/mol. The van der Waals surface area contributed by atoms with E-state index in [0.29, 0.717) is 0 Å². The summed E-state index contributed by atoms with van der Waals surface area (Å²) in [5, 5.41) is 0. The highest BCUT2D eigenvalue weighted by Crippen LogP contribution is 2.10. The van der Waals surface area contributed by atoms with Crippen molar-refractivity contribution < 1.29 is 9.47 Å². The Labute approximate surface area is 128 Å². The molecule has 0 amide bonds. The molecule has 0 aliphatic heterocycles. The van der Waals surface area contributed by atoms with Crippen LogP contribution < -0.4 is 0 Å². The van der Waals surface area contributed by atoms with Crippen LogP contribution >= 0.6 is 0 Å². The van der Waals surface area contributed by atoms with Crippen molar-refractivity contribution >= 4 is 0 Å². The first-order chi connectivity index (χ1) is 9.67. The summed E-state index contributed by atoms with van der Waals surface area (Å²) in [4.78, 5) is 0. The van der Waals surface area contributed by atoms with Gasteiger partial charge in [-0.15, -0.1) is 13.2 Å². The third kappa shape index (κ3) is 30.4. The van der Waals surface area contributed by atoms with Gasteiger partial charge in [-0.1, -0.05) is 57.6 Å². The Balaban J connectivity index is -0.000000408. The highest BCUT2D eigenvalue weighted by molar-refractivity contribution is 4.52. The largest absolute Gasteiger partial charge is 0.356 e. The normalized spacial score (nSPS) is 9.10. The second-order valence-corrected chi connectivity index (χ2v) is 4.63. The molecule has 0 aromatic carbocycles. The summed E-state index contributed by atoms with van der Waals surface area (Å²) in [6.45, 7) is 12.8. The molecule has 0 radical (unpaired) electrons. The lowest BCUT2D eigenvalue weighted by atomic mass is 10.1. The van der Waals surface area contributed by atoms with E-state index in [1.54, 1.807) is 26.4 Å². The van der Waals surface area contributed by atoms with Gasteiger partial charge in [0.15, 0.2) is 6.29 Å². The number of methoxy groups -OCH3 is 2. The molecule has 0 aliphatic rings. The molecule has 122 valence electrons. The maximum atomic E-state index is 5.12. The molecule has 0 N–H and O–H groups in total. The van der Waals surface area contributed by atoms with Crippen molar-refractivity contribution in [1.29, 1.82) is 0 Å².